The van der Waals surface area contributed by atoms with Crippen molar-refractivity contribution in [1.29, 1.82) is 0 Å². The molecule has 0 aliphatic rings. The molecule has 0 spiro atoms. The van der Waals surface area contributed by atoms with E-state index in [4.69, 9.17) is 0 Å². The largest absolute Gasteiger partial charge is 0.357 e. The van der Waals surface area contributed by atoms with Crippen molar-refractivity contribution in [3.05, 3.63) is 114 Å². The second-order valence-electron chi connectivity index (χ2n) is 9.54. The summed E-state index contributed by atoms with van der Waals surface area (Å²) in [5.74, 6) is -0.794. The Bertz CT molecular complexity index is 1570. The fourth-order valence-electron chi connectivity index (χ4n) is 4.71. The minimum atomic E-state index is -3.84. The Morgan fingerprint density at radius 3 is 2.18 bits per heavy atom. The summed E-state index contributed by atoms with van der Waals surface area (Å²) in [6.07, 6.45) is 1.37. The Morgan fingerprint density at radius 1 is 0.846 bits per heavy atom. The molecule has 4 aromatic rings. The van der Waals surface area contributed by atoms with Crippen LogP contribution in [-0.2, 0) is 32.6 Å². The number of benzene rings is 4. The number of carbonyl (C=O) groups excluding carboxylic acids is 2. The summed E-state index contributed by atoms with van der Waals surface area (Å²) >= 11 is 0. The van der Waals surface area contributed by atoms with Gasteiger partial charge >= 0.3 is 0 Å². The number of nitrogens with one attached hydrogen (secondary N) is 1. The highest BCUT2D eigenvalue weighted by Gasteiger charge is 2.33. The highest BCUT2D eigenvalue weighted by Crippen LogP contribution is 2.29. The number of fused-ring (bicyclic) bond motifs is 1. The van der Waals surface area contributed by atoms with Crippen molar-refractivity contribution < 1.29 is 18.0 Å². The number of amides is 2. The number of sulfonamides is 1. The summed E-state index contributed by atoms with van der Waals surface area (Å²) in [5, 5.41) is 4.28. The molecule has 0 aliphatic carbocycles. The molecule has 1 atom stereocenters. The molecule has 0 fully saturated rings. The molecule has 0 saturated carbocycles. The molecule has 0 saturated heterocycles. The SMILES string of the molecule is CNC(=O)[C@H](Cc1ccccc1)N(Cc1ccccc1C)C(=O)CN(c1cccc2ccccc12)S(C)(=O)=O. The molecule has 0 aromatic heterocycles. The molecule has 0 radical (unpaired) electrons. The van der Waals surface area contributed by atoms with Crippen LogP contribution in [0.2, 0.25) is 0 Å². The summed E-state index contributed by atoms with van der Waals surface area (Å²) in [6.45, 7) is 1.66. The summed E-state index contributed by atoms with van der Waals surface area (Å²) in [7, 11) is -2.31. The lowest BCUT2D eigenvalue weighted by molar-refractivity contribution is -0.139. The van der Waals surface area contributed by atoms with E-state index in [0.29, 0.717) is 5.69 Å². The maximum atomic E-state index is 14.1. The van der Waals surface area contributed by atoms with E-state index in [1.165, 1.54) is 11.9 Å². The molecule has 0 aliphatic heterocycles. The number of hydrogen-bond acceptors (Lipinski definition) is 4. The van der Waals surface area contributed by atoms with Crippen LogP contribution < -0.4 is 9.62 Å². The Labute approximate surface area is 230 Å². The third-order valence-corrected chi connectivity index (χ3v) is 7.96. The smallest absolute Gasteiger partial charge is 0.244 e. The fourth-order valence-corrected chi connectivity index (χ4v) is 5.57. The second kappa shape index (κ2) is 12.1. The lowest BCUT2D eigenvalue weighted by Gasteiger charge is -2.33. The van der Waals surface area contributed by atoms with Crippen molar-refractivity contribution in [2.24, 2.45) is 0 Å². The van der Waals surface area contributed by atoms with E-state index >= 15 is 0 Å². The van der Waals surface area contributed by atoms with Gasteiger partial charge < -0.3 is 10.2 Å². The van der Waals surface area contributed by atoms with Gasteiger partial charge in [-0.25, -0.2) is 8.42 Å². The van der Waals surface area contributed by atoms with E-state index in [1.54, 1.807) is 12.1 Å². The maximum Gasteiger partial charge on any atom is 0.244 e. The van der Waals surface area contributed by atoms with Crippen LogP contribution in [0.3, 0.4) is 0 Å². The standard InChI is InChI=1S/C31H33N3O4S/c1-23-12-7-8-16-26(23)21-33(29(31(36)32-2)20-24-13-5-4-6-14-24)30(35)22-34(39(3,37)38)28-19-11-17-25-15-9-10-18-27(25)28/h4-19,29H,20-22H2,1-3H3,(H,32,36)/t29-/m0/s1. The van der Waals surface area contributed by atoms with Gasteiger partial charge in [0.25, 0.3) is 0 Å². The quantitative estimate of drug-likeness (QED) is 0.323. The van der Waals surface area contributed by atoms with E-state index < -0.39 is 28.5 Å². The van der Waals surface area contributed by atoms with E-state index in [1.807, 2.05) is 91.9 Å². The molecule has 0 unspecified atom stereocenters. The van der Waals surface area contributed by atoms with Crippen LogP contribution in [0.5, 0.6) is 0 Å². The first-order valence-corrected chi connectivity index (χ1v) is 14.6. The number of hydrogen-bond donors (Lipinski definition) is 1. The first-order valence-electron chi connectivity index (χ1n) is 12.7. The van der Waals surface area contributed by atoms with Crippen molar-refractivity contribution in [3.8, 4) is 0 Å². The molecule has 7 nitrogen and oxygen atoms in total. The highest BCUT2D eigenvalue weighted by atomic mass is 32.2. The van der Waals surface area contributed by atoms with Crippen molar-refractivity contribution >= 4 is 38.3 Å². The van der Waals surface area contributed by atoms with Gasteiger partial charge in [0.2, 0.25) is 21.8 Å². The minimum absolute atomic E-state index is 0.156. The average molecular weight is 544 g/mol. The Balaban J connectivity index is 1.77. The second-order valence-corrected chi connectivity index (χ2v) is 11.4. The van der Waals surface area contributed by atoms with Gasteiger partial charge in [-0.15, -0.1) is 0 Å². The third kappa shape index (κ3) is 6.64. The molecule has 202 valence electrons. The van der Waals surface area contributed by atoms with Gasteiger partial charge in [-0.05, 0) is 35.1 Å². The number of likely N-dealkylation sites (N-methyl/N-ethyl adjacent to an activating group) is 1. The monoisotopic (exact) mass is 543 g/mol. The summed E-state index contributed by atoms with van der Waals surface area (Å²) in [5.41, 5.74) is 3.16. The number of anilines is 1. The maximum absolute atomic E-state index is 14.1. The molecule has 4 rings (SSSR count). The fraction of sp³-hybridized carbons (Fsp3) is 0.226. The normalized spacial score (nSPS) is 12.1. The molecule has 2 amide bonds. The van der Waals surface area contributed by atoms with E-state index in [0.717, 1.165) is 38.0 Å². The zero-order chi connectivity index (χ0) is 28.0. The number of rotatable bonds is 10. The predicted octanol–water partition coefficient (Wildman–Crippen LogP) is 4.30. The molecule has 39 heavy (non-hydrogen) atoms. The number of nitrogens with zero attached hydrogens (tertiary/aromatic N) is 2. The molecular formula is C31H33N3O4S. The lowest BCUT2D eigenvalue weighted by Crippen LogP contribution is -2.53. The van der Waals surface area contributed by atoms with Crippen molar-refractivity contribution in [2.75, 3.05) is 24.2 Å². The molecule has 1 N–H and O–H groups in total. The zero-order valence-electron chi connectivity index (χ0n) is 22.4. The first-order chi connectivity index (χ1) is 18.7. The summed E-state index contributed by atoms with van der Waals surface area (Å²) in [4.78, 5) is 28.8. The zero-order valence-corrected chi connectivity index (χ0v) is 23.2. The average Bonchev–Trinajstić information content (AvgIpc) is 2.93. The van der Waals surface area contributed by atoms with Crippen molar-refractivity contribution in [2.45, 2.75) is 25.9 Å². The van der Waals surface area contributed by atoms with Crippen LogP contribution >= 0.6 is 0 Å². The minimum Gasteiger partial charge on any atom is -0.357 e. The predicted molar refractivity (Wildman–Crippen MR) is 156 cm³/mol. The molecule has 0 heterocycles. The topological polar surface area (TPSA) is 86.8 Å². The van der Waals surface area contributed by atoms with Crippen molar-refractivity contribution in [1.82, 2.24) is 10.2 Å². The summed E-state index contributed by atoms with van der Waals surface area (Å²) < 4.78 is 27.3. The number of aryl methyl sites for hydroxylation is 1. The Morgan fingerprint density at radius 2 is 1.49 bits per heavy atom. The van der Waals surface area contributed by atoms with Crippen molar-refractivity contribution in [3.63, 3.8) is 0 Å². The molecule has 0 bridgehead atoms. The van der Waals surface area contributed by atoms with E-state index in [9.17, 15) is 18.0 Å². The van der Waals surface area contributed by atoms with Gasteiger partial charge in [-0.2, -0.15) is 0 Å². The van der Waals surface area contributed by atoms with Crippen LogP contribution in [0.4, 0.5) is 5.69 Å². The van der Waals surface area contributed by atoms with Gasteiger partial charge in [0.1, 0.15) is 12.6 Å². The van der Waals surface area contributed by atoms with Gasteiger partial charge in [0.05, 0.1) is 11.9 Å². The van der Waals surface area contributed by atoms with Gasteiger partial charge in [-0.1, -0.05) is 91.0 Å². The number of carbonyl (C=O) groups is 2. The molecular weight excluding hydrogens is 510 g/mol. The molecule has 4 aromatic carbocycles. The highest BCUT2D eigenvalue weighted by molar-refractivity contribution is 7.92. The van der Waals surface area contributed by atoms with Gasteiger partial charge in [0, 0.05) is 25.4 Å². The van der Waals surface area contributed by atoms with Crippen LogP contribution in [0, 0.1) is 6.92 Å². The van der Waals surface area contributed by atoms with Crippen LogP contribution in [0.15, 0.2) is 97.1 Å². The first kappa shape index (κ1) is 27.9. The third-order valence-electron chi connectivity index (χ3n) is 6.83. The Hall–Kier alpha value is -4.17. The van der Waals surface area contributed by atoms with Gasteiger partial charge in [-0.3, -0.25) is 13.9 Å². The van der Waals surface area contributed by atoms with Crippen LogP contribution in [0.1, 0.15) is 16.7 Å². The van der Waals surface area contributed by atoms with Crippen LogP contribution in [-0.4, -0.2) is 51.0 Å². The van der Waals surface area contributed by atoms with E-state index in [-0.39, 0.29) is 18.9 Å². The lowest BCUT2D eigenvalue weighted by atomic mass is 10.0. The molecule has 8 heteroatoms. The van der Waals surface area contributed by atoms with Crippen LogP contribution in [0.25, 0.3) is 10.8 Å². The van der Waals surface area contributed by atoms with Gasteiger partial charge in [0.15, 0.2) is 0 Å². The summed E-state index contributed by atoms with van der Waals surface area (Å²) in [6, 6.07) is 29.1. The van der Waals surface area contributed by atoms with E-state index in [2.05, 4.69) is 5.32 Å². The Kier molecular flexibility index (Phi) is 8.66.